The number of hydrogen-bond donors (Lipinski definition) is 2. The molecule has 27 heavy (non-hydrogen) atoms. The van der Waals surface area contributed by atoms with Crippen LogP contribution in [0.4, 0.5) is 4.39 Å². The monoisotopic (exact) mass is 390 g/mol. The average molecular weight is 390 g/mol. The number of nitriles is 1. The number of aromatic nitrogens is 2. The van der Waals surface area contributed by atoms with E-state index in [9.17, 15) is 18.1 Å². The fraction of sp³-hybridized carbons (Fsp3) is 0.474. The van der Waals surface area contributed by atoms with Crippen LogP contribution >= 0.6 is 0 Å². The number of nitrogens with zero attached hydrogens (tertiary/aromatic N) is 2. The number of rotatable bonds is 5. The van der Waals surface area contributed by atoms with Crippen molar-refractivity contribution in [3.63, 3.8) is 0 Å². The van der Waals surface area contributed by atoms with Crippen molar-refractivity contribution in [2.75, 3.05) is 0 Å². The van der Waals surface area contributed by atoms with E-state index in [2.05, 4.69) is 21.0 Å². The van der Waals surface area contributed by atoms with Gasteiger partial charge in [0, 0.05) is 17.5 Å². The third-order valence-corrected chi connectivity index (χ3v) is 7.03. The highest BCUT2D eigenvalue weighted by Crippen LogP contribution is 2.36. The minimum absolute atomic E-state index is 0.0414. The maximum Gasteiger partial charge on any atom is 0.214 e. The molecule has 3 rings (SSSR count). The molecule has 0 atom stereocenters. The molecule has 1 aliphatic carbocycles. The van der Waals surface area contributed by atoms with Gasteiger partial charge in [-0.15, -0.1) is 0 Å². The predicted octanol–water partition coefficient (Wildman–Crippen LogP) is 3.44. The first-order valence-corrected chi connectivity index (χ1v) is 10.6. The second-order valence-corrected chi connectivity index (χ2v) is 9.49. The molecule has 144 valence electrons. The van der Waals surface area contributed by atoms with Crippen molar-refractivity contribution in [2.24, 2.45) is 0 Å². The van der Waals surface area contributed by atoms with Crippen LogP contribution in [0.2, 0.25) is 0 Å². The Hall–Kier alpha value is -2.24. The van der Waals surface area contributed by atoms with Crippen LogP contribution < -0.4 is 4.72 Å². The maximum absolute atomic E-state index is 15.0. The number of sulfonamides is 1. The molecule has 0 bridgehead atoms. The number of aromatic amines is 1. The van der Waals surface area contributed by atoms with Gasteiger partial charge in [-0.05, 0) is 45.6 Å². The normalized spacial score (nSPS) is 20.6. The van der Waals surface area contributed by atoms with Crippen LogP contribution in [0.5, 0.6) is 0 Å². The van der Waals surface area contributed by atoms with Crippen molar-refractivity contribution in [2.45, 2.75) is 56.7 Å². The van der Waals surface area contributed by atoms with Crippen LogP contribution in [0.25, 0.3) is 11.3 Å². The summed E-state index contributed by atoms with van der Waals surface area (Å²) in [6.07, 6.45) is 2.64. The molecule has 0 saturated heterocycles. The Kier molecular flexibility index (Phi) is 5.63. The minimum Gasteiger partial charge on any atom is -0.279 e. The van der Waals surface area contributed by atoms with Crippen LogP contribution in [-0.4, -0.2) is 29.9 Å². The van der Waals surface area contributed by atoms with Crippen LogP contribution in [-0.2, 0) is 10.0 Å². The molecule has 1 heterocycles. The molecule has 0 amide bonds. The number of H-pyrrole nitrogens is 1. The van der Waals surface area contributed by atoms with Crippen LogP contribution in [0.15, 0.2) is 24.3 Å². The van der Waals surface area contributed by atoms with Crippen molar-refractivity contribution >= 4 is 10.0 Å². The summed E-state index contributed by atoms with van der Waals surface area (Å²) in [7, 11) is -3.30. The van der Waals surface area contributed by atoms with Gasteiger partial charge in [0.2, 0.25) is 10.0 Å². The molecule has 1 fully saturated rings. The lowest BCUT2D eigenvalue weighted by Crippen LogP contribution is -2.40. The van der Waals surface area contributed by atoms with E-state index in [1.807, 2.05) is 0 Å². The first-order valence-electron chi connectivity index (χ1n) is 9.08. The summed E-state index contributed by atoms with van der Waals surface area (Å²) in [6.45, 7) is 3.29. The molecule has 0 radical (unpaired) electrons. The van der Waals surface area contributed by atoms with Gasteiger partial charge < -0.3 is 0 Å². The third-order valence-electron chi connectivity index (χ3n) is 5.12. The van der Waals surface area contributed by atoms with E-state index >= 15 is 0 Å². The zero-order valence-electron chi connectivity index (χ0n) is 15.4. The van der Waals surface area contributed by atoms with E-state index in [4.69, 9.17) is 0 Å². The van der Waals surface area contributed by atoms with E-state index in [0.29, 0.717) is 42.5 Å². The molecular weight excluding hydrogens is 367 g/mol. The lowest BCUT2D eigenvalue weighted by atomic mass is 9.84. The molecule has 2 N–H and O–H groups in total. The van der Waals surface area contributed by atoms with Crippen molar-refractivity contribution in [1.29, 1.82) is 5.26 Å². The van der Waals surface area contributed by atoms with Crippen molar-refractivity contribution in [3.8, 4) is 17.3 Å². The van der Waals surface area contributed by atoms with Crippen LogP contribution in [0.1, 0.15) is 56.7 Å². The summed E-state index contributed by atoms with van der Waals surface area (Å²) >= 11 is 0. The smallest absolute Gasteiger partial charge is 0.214 e. The van der Waals surface area contributed by atoms with Gasteiger partial charge in [-0.3, -0.25) is 5.10 Å². The predicted molar refractivity (Wildman–Crippen MR) is 101 cm³/mol. The largest absolute Gasteiger partial charge is 0.279 e. The Morgan fingerprint density at radius 2 is 1.93 bits per heavy atom. The number of nitrogens with one attached hydrogen (secondary N) is 2. The Balaban J connectivity index is 1.73. The molecule has 6 nitrogen and oxygen atoms in total. The lowest BCUT2D eigenvalue weighted by Gasteiger charge is -2.28. The van der Waals surface area contributed by atoms with Gasteiger partial charge in [0.15, 0.2) is 5.82 Å². The number of halogens is 1. The van der Waals surface area contributed by atoms with E-state index in [-0.39, 0.29) is 17.7 Å². The standard InChI is InChI=1S/C19H23FN4O2S/c1-12(2)27(25,26)24-15-9-7-13(8-10-15)18-17(20)19(23-22-18)16-6-4-3-5-14(16)11-21/h3-6,12-13,15,24H,7-10H2,1-2H3,(H,22,23)/t13-,15-. The summed E-state index contributed by atoms with van der Waals surface area (Å²) in [4.78, 5) is 0. The van der Waals surface area contributed by atoms with Gasteiger partial charge in [0.05, 0.1) is 22.6 Å². The first-order chi connectivity index (χ1) is 12.8. The molecule has 1 aromatic carbocycles. The Bertz CT molecular complexity index is 954. The Labute approximate surface area is 158 Å². The van der Waals surface area contributed by atoms with Gasteiger partial charge >= 0.3 is 0 Å². The van der Waals surface area contributed by atoms with Gasteiger partial charge in [-0.2, -0.15) is 10.4 Å². The highest BCUT2D eigenvalue weighted by Gasteiger charge is 2.30. The Morgan fingerprint density at radius 3 is 2.56 bits per heavy atom. The quantitative estimate of drug-likeness (QED) is 0.817. The zero-order chi connectivity index (χ0) is 19.6. The highest BCUT2D eigenvalue weighted by atomic mass is 32.2. The summed E-state index contributed by atoms with van der Waals surface area (Å²) in [5.74, 6) is -0.468. The third kappa shape index (κ3) is 4.04. The molecule has 2 aromatic rings. The first kappa shape index (κ1) is 19.5. The molecule has 1 saturated carbocycles. The van der Waals surface area contributed by atoms with Gasteiger partial charge in [0.1, 0.15) is 5.69 Å². The lowest BCUT2D eigenvalue weighted by molar-refractivity contribution is 0.362. The van der Waals surface area contributed by atoms with Crippen LogP contribution in [0, 0.1) is 17.1 Å². The summed E-state index contributed by atoms with van der Waals surface area (Å²) < 4.78 is 41.7. The minimum atomic E-state index is -3.30. The van der Waals surface area contributed by atoms with Gasteiger partial charge in [-0.1, -0.05) is 18.2 Å². The fourth-order valence-corrected chi connectivity index (χ4v) is 4.42. The zero-order valence-corrected chi connectivity index (χ0v) is 16.2. The molecule has 0 spiro atoms. The average Bonchev–Trinajstić information content (AvgIpc) is 3.03. The molecule has 0 aliphatic heterocycles. The molecule has 0 unspecified atom stereocenters. The summed E-state index contributed by atoms with van der Waals surface area (Å²) in [6, 6.07) is 8.74. The number of benzene rings is 1. The molecule has 1 aromatic heterocycles. The molecule has 8 heteroatoms. The van der Waals surface area contributed by atoms with E-state index < -0.39 is 21.1 Å². The van der Waals surface area contributed by atoms with E-state index in [0.717, 1.165) is 0 Å². The highest BCUT2D eigenvalue weighted by molar-refractivity contribution is 7.90. The van der Waals surface area contributed by atoms with E-state index in [1.165, 1.54) is 0 Å². The van der Waals surface area contributed by atoms with Crippen molar-refractivity contribution in [3.05, 3.63) is 41.3 Å². The Morgan fingerprint density at radius 1 is 1.26 bits per heavy atom. The van der Waals surface area contributed by atoms with Crippen LogP contribution in [0.3, 0.4) is 0 Å². The van der Waals surface area contributed by atoms with Crippen molar-refractivity contribution in [1.82, 2.24) is 14.9 Å². The topological polar surface area (TPSA) is 98.6 Å². The fourth-order valence-electron chi connectivity index (χ4n) is 3.45. The number of hydrogen-bond acceptors (Lipinski definition) is 4. The second-order valence-electron chi connectivity index (χ2n) is 7.22. The SMILES string of the molecule is CC(C)S(=O)(=O)N[C@H]1CC[C@H](c2[nH]nc(-c3ccccc3C#N)c2F)CC1. The van der Waals surface area contributed by atoms with E-state index in [1.54, 1.807) is 38.1 Å². The second kappa shape index (κ2) is 7.79. The van der Waals surface area contributed by atoms with Crippen molar-refractivity contribution < 1.29 is 12.8 Å². The summed E-state index contributed by atoms with van der Waals surface area (Å²) in [5.41, 5.74) is 1.44. The van der Waals surface area contributed by atoms with Gasteiger partial charge in [-0.25, -0.2) is 17.5 Å². The van der Waals surface area contributed by atoms with Gasteiger partial charge in [0.25, 0.3) is 0 Å². The molecule has 1 aliphatic rings. The summed E-state index contributed by atoms with van der Waals surface area (Å²) in [5, 5.41) is 15.7. The maximum atomic E-state index is 15.0. The molecular formula is C19H23FN4O2S.